The van der Waals surface area contributed by atoms with Crippen molar-refractivity contribution in [2.75, 3.05) is 5.32 Å². The van der Waals surface area contributed by atoms with E-state index in [1.807, 2.05) is 31.2 Å². The van der Waals surface area contributed by atoms with Gasteiger partial charge in [-0.2, -0.15) is 13.2 Å². The molecule has 4 nitrogen and oxygen atoms in total. The third kappa shape index (κ3) is 4.68. The highest BCUT2D eigenvalue weighted by Crippen LogP contribution is 2.40. The largest absolute Gasteiger partial charge is 0.416 e. The minimum atomic E-state index is -4.57. The number of nitrogens with one attached hydrogen (secondary N) is 1. The van der Waals surface area contributed by atoms with Crippen LogP contribution in [-0.2, 0) is 6.18 Å². The number of amides is 1. The zero-order chi connectivity index (χ0) is 26.3. The maximum Gasteiger partial charge on any atom is 0.416 e. The summed E-state index contributed by atoms with van der Waals surface area (Å²) < 4.78 is 39.5. The van der Waals surface area contributed by atoms with Crippen LogP contribution in [0.25, 0.3) is 0 Å². The Morgan fingerprint density at radius 3 is 2.14 bits per heavy atom. The molecule has 0 bridgehead atoms. The molecule has 5 rings (SSSR count). The van der Waals surface area contributed by atoms with Crippen LogP contribution in [0.15, 0.2) is 94.7 Å². The first-order valence-electron chi connectivity index (χ1n) is 11.2. The van der Waals surface area contributed by atoms with Gasteiger partial charge in [0.1, 0.15) is 0 Å². The van der Waals surface area contributed by atoms with Crippen LogP contribution < -0.4 is 5.32 Å². The van der Waals surface area contributed by atoms with Gasteiger partial charge in [-0.05, 0) is 49.4 Å². The SMILES string of the molecule is Cc1ccc(Sc2c(C(=O)Nc3cccc(C(F)(F)F)c3)ccc3c2C(=O)c2ccccc2C3=O)cc1. The van der Waals surface area contributed by atoms with Crippen molar-refractivity contribution in [2.24, 2.45) is 0 Å². The highest BCUT2D eigenvalue weighted by atomic mass is 32.2. The molecular weight excluding hydrogens is 499 g/mol. The third-order valence-corrected chi connectivity index (χ3v) is 7.12. The van der Waals surface area contributed by atoms with E-state index in [4.69, 9.17) is 0 Å². The molecular formula is C29H18F3NO3S. The normalized spacial score (nSPS) is 12.6. The Kier molecular flexibility index (Phi) is 6.21. The first kappa shape index (κ1) is 24.5. The molecule has 1 N–H and O–H groups in total. The number of halogens is 3. The van der Waals surface area contributed by atoms with E-state index in [0.717, 1.165) is 34.4 Å². The average molecular weight is 518 g/mol. The van der Waals surface area contributed by atoms with E-state index >= 15 is 0 Å². The number of anilines is 1. The molecule has 37 heavy (non-hydrogen) atoms. The molecule has 1 amide bonds. The van der Waals surface area contributed by atoms with Crippen LogP contribution >= 0.6 is 11.8 Å². The van der Waals surface area contributed by atoms with E-state index in [1.165, 1.54) is 24.3 Å². The smallest absolute Gasteiger partial charge is 0.322 e. The summed E-state index contributed by atoms with van der Waals surface area (Å²) in [5, 5.41) is 2.51. The van der Waals surface area contributed by atoms with E-state index in [-0.39, 0.29) is 44.2 Å². The van der Waals surface area contributed by atoms with Gasteiger partial charge in [-0.25, -0.2) is 0 Å². The van der Waals surface area contributed by atoms with Crippen molar-refractivity contribution in [2.45, 2.75) is 22.9 Å². The molecule has 0 aliphatic heterocycles. The molecule has 0 heterocycles. The Labute approximate surface area is 214 Å². The summed E-state index contributed by atoms with van der Waals surface area (Å²) in [6.45, 7) is 1.92. The Bertz CT molecular complexity index is 1580. The lowest BCUT2D eigenvalue weighted by molar-refractivity contribution is -0.137. The number of benzene rings is 4. The van der Waals surface area contributed by atoms with Gasteiger partial charge in [-0.1, -0.05) is 59.8 Å². The highest BCUT2D eigenvalue weighted by molar-refractivity contribution is 7.99. The van der Waals surface area contributed by atoms with Gasteiger partial charge in [0.25, 0.3) is 5.91 Å². The lowest BCUT2D eigenvalue weighted by atomic mass is 9.83. The molecule has 0 saturated carbocycles. The fraction of sp³-hybridized carbons (Fsp3) is 0.0690. The van der Waals surface area contributed by atoms with E-state index in [9.17, 15) is 27.6 Å². The standard InChI is InChI=1S/C29H18F3NO3S/c1-16-9-11-19(12-10-16)37-27-23(28(36)33-18-6-4-5-17(15-18)29(30,31)32)14-13-22-24(27)26(35)21-8-3-2-7-20(21)25(22)34/h2-15H,1H3,(H,33,36). The van der Waals surface area contributed by atoms with Crippen LogP contribution in [-0.4, -0.2) is 17.5 Å². The number of aryl methyl sites for hydroxylation is 1. The van der Waals surface area contributed by atoms with Crippen molar-refractivity contribution >= 4 is 34.9 Å². The Morgan fingerprint density at radius 2 is 1.46 bits per heavy atom. The van der Waals surface area contributed by atoms with Crippen molar-refractivity contribution in [1.29, 1.82) is 0 Å². The molecule has 0 saturated heterocycles. The Hall–Kier alpha value is -4.17. The Balaban J connectivity index is 1.62. The van der Waals surface area contributed by atoms with E-state index in [1.54, 1.807) is 24.3 Å². The third-order valence-electron chi connectivity index (χ3n) is 5.98. The molecule has 4 aromatic rings. The number of fused-ring (bicyclic) bond motifs is 2. The second-order valence-corrected chi connectivity index (χ2v) is 9.60. The number of alkyl halides is 3. The molecule has 0 atom stereocenters. The first-order valence-corrected chi connectivity index (χ1v) is 12.0. The molecule has 184 valence electrons. The zero-order valence-electron chi connectivity index (χ0n) is 19.3. The van der Waals surface area contributed by atoms with Crippen molar-refractivity contribution < 1.29 is 27.6 Å². The first-order chi connectivity index (χ1) is 17.6. The van der Waals surface area contributed by atoms with E-state index < -0.39 is 23.4 Å². The summed E-state index contributed by atoms with van der Waals surface area (Å²) in [4.78, 5) is 41.2. The molecule has 0 unspecified atom stereocenters. The number of rotatable bonds is 4. The van der Waals surface area contributed by atoms with E-state index in [0.29, 0.717) is 0 Å². The lowest BCUT2D eigenvalue weighted by Crippen LogP contribution is -2.24. The quantitative estimate of drug-likeness (QED) is 0.274. The summed E-state index contributed by atoms with van der Waals surface area (Å²) in [7, 11) is 0. The summed E-state index contributed by atoms with van der Waals surface area (Å²) in [5.74, 6) is -1.43. The predicted octanol–water partition coefficient (Wildman–Crippen LogP) is 7.19. The second kappa shape index (κ2) is 9.37. The van der Waals surface area contributed by atoms with Gasteiger partial charge in [-0.15, -0.1) is 0 Å². The van der Waals surface area contributed by atoms with Crippen LogP contribution in [0.1, 0.15) is 53.3 Å². The second-order valence-electron chi connectivity index (χ2n) is 8.52. The van der Waals surface area contributed by atoms with Crippen LogP contribution in [0.5, 0.6) is 0 Å². The van der Waals surface area contributed by atoms with Gasteiger partial charge < -0.3 is 5.32 Å². The topological polar surface area (TPSA) is 63.2 Å². The summed E-state index contributed by atoms with van der Waals surface area (Å²) >= 11 is 1.15. The molecule has 0 fully saturated rings. The number of carbonyl (C=O) groups excluding carboxylic acids is 3. The molecule has 0 radical (unpaired) electrons. The monoisotopic (exact) mass is 517 g/mol. The number of hydrogen-bond acceptors (Lipinski definition) is 4. The molecule has 0 spiro atoms. The molecule has 8 heteroatoms. The number of ketones is 2. The van der Waals surface area contributed by atoms with Crippen molar-refractivity contribution in [3.8, 4) is 0 Å². The predicted molar refractivity (Wildman–Crippen MR) is 134 cm³/mol. The van der Waals surface area contributed by atoms with Crippen LogP contribution in [0.2, 0.25) is 0 Å². The molecule has 4 aromatic carbocycles. The van der Waals surface area contributed by atoms with Crippen LogP contribution in [0.3, 0.4) is 0 Å². The summed E-state index contributed by atoms with van der Waals surface area (Å²) in [6.07, 6.45) is -4.57. The number of hydrogen-bond donors (Lipinski definition) is 1. The summed E-state index contributed by atoms with van der Waals surface area (Å²) in [5.41, 5.74) is 0.942. The van der Waals surface area contributed by atoms with Gasteiger partial charge in [-0.3, -0.25) is 14.4 Å². The van der Waals surface area contributed by atoms with Crippen molar-refractivity contribution in [1.82, 2.24) is 0 Å². The van der Waals surface area contributed by atoms with Gasteiger partial charge in [0.2, 0.25) is 0 Å². The van der Waals surface area contributed by atoms with E-state index in [2.05, 4.69) is 5.32 Å². The maximum atomic E-state index is 13.6. The fourth-order valence-corrected chi connectivity index (χ4v) is 5.22. The van der Waals surface area contributed by atoms with Gasteiger partial charge in [0.05, 0.1) is 11.1 Å². The van der Waals surface area contributed by atoms with Crippen LogP contribution in [0.4, 0.5) is 18.9 Å². The Morgan fingerprint density at radius 1 is 0.784 bits per heavy atom. The van der Waals surface area contributed by atoms with Gasteiger partial charge in [0.15, 0.2) is 11.6 Å². The van der Waals surface area contributed by atoms with Gasteiger partial charge in [0, 0.05) is 37.7 Å². The fourth-order valence-electron chi connectivity index (χ4n) is 4.14. The van der Waals surface area contributed by atoms with Crippen molar-refractivity contribution in [3.63, 3.8) is 0 Å². The lowest BCUT2D eigenvalue weighted by Gasteiger charge is -2.22. The highest BCUT2D eigenvalue weighted by Gasteiger charge is 2.34. The van der Waals surface area contributed by atoms with Crippen LogP contribution in [0, 0.1) is 6.92 Å². The average Bonchev–Trinajstić information content (AvgIpc) is 2.88. The minimum absolute atomic E-state index is 0.0448. The zero-order valence-corrected chi connectivity index (χ0v) is 20.2. The molecule has 0 aromatic heterocycles. The molecule has 1 aliphatic rings. The minimum Gasteiger partial charge on any atom is -0.322 e. The maximum absolute atomic E-state index is 13.6. The summed E-state index contributed by atoms with van der Waals surface area (Å²) in [6, 6.07) is 21.0. The van der Waals surface area contributed by atoms with Crippen molar-refractivity contribution in [3.05, 3.63) is 124 Å². The van der Waals surface area contributed by atoms with Gasteiger partial charge >= 0.3 is 6.18 Å². The molecule has 1 aliphatic carbocycles. The number of carbonyl (C=O) groups is 3.